The molecule has 0 bridgehead atoms. The number of carbonyl (C=O) groups is 1. The van der Waals surface area contributed by atoms with Crippen molar-refractivity contribution in [2.75, 3.05) is 0 Å². The van der Waals surface area contributed by atoms with Crippen molar-refractivity contribution in [3.05, 3.63) is 83.8 Å². The maximum atomic E-state index is 10.5. The number of carboxylic acids is 1. The Morgan fingerprint density at radius 2 is 1.79 bits per heavy atom. The Bertz CT molecular complexity index is 1090. The number of aromatic carboxylic acids is 1. The molecule has 6 heteroatoms. The number of aromatic nitrogens is 3. The maximum absolute atomic E-state index is 10.5. The SMILES string of the molecule is Cc1c(C(=O)O)nn(C)c1C.[Ir].[c-]1ccccc1-c1nccc2ccccc12. The average Bonchev–Trinajstić information content (AvgIpc) is 2.96. The summed E-state index contributed by atoms with van der Waals surface area (Å²) in [5.41, 5.74) is 3.81. The Hall–Kier alpha value is -2.82. The molecule has 0 amide bonds. The Balaban J connectivity index is 0.000000208. The van der Waals surface area contributed by atoms with Gasteiger partial charge in [0, 0.05) is 44.6 Å². The van der Waals surface area contributed by atoms with Gasteiger partial charge in [-0.2, -0.15) is 5.10 Å². The van der Waals surface area contributed by atoms with Crippen molar-refractivity contribution in [3.63, 3.8) is 0 Å². The second-order valence-electron chi connectivity index (χ2n) is 6.14. The van der Waals surface area contributed by atoms with Crippen molar-refractivity contribution >= 4 is 16.7 Å². The quantitative estimate of drug-likeness (QED) is 0.375. The van der Waals surface area contributed by atoms with Crippen LogP contribution in [0.4, 0.5) is 0 Å². The van der Waals surface area contributed by atoms with Gasteiger partial charge in [-0.3, -0.25) is 4.68 Å². The van der Waals surface area contributed by atoms with Crippen LogP contribution in [0.3, 0.4) is 0 Å². The van der Waals surface area contributed by atoms with Gasteiger partial charge in [0.1, 0.15) is 0 Å². The summed E-state index contributed by atoms with van der Waals surface area (Å²) in [6.07, 6.45) is 1.85. The molecule has 145 valence electrons. The molecule has 2 heterocycles. The minimum absolute atomic E-state index is 0. The van der Waals surface area contributed by atoms with E-state index in [0.717, 1.165) is 22.5 Å². The van der Waals surface area contributed by atoms with Gasteiger partial charge in [-0.05, 0) is 36.4 Å². The van der Waals surface area contributed by atoms with Crippen LogP contribution in [0, 0.1) is 19.9 Å². The predicted molar refractivity (Wildman–Crippen MR) is 106 cm³/mol. The largest absolute Gasteiger partial charge is 0.476 e. The molecule has 0 fully saturated rings. The van der Waals surface area contributed by atoms with Gasteiger partial charge in [0.15, 0.2) is 5.69 Å². The van der Waals surface area contributed by atoms with Crippen LogP contribution in [0.2, 0.25) is 0 Å². The Labute approximate surface area is 177 Å². The third-order valence-corrected chi connectivity index (χ3v) is 4.47. The summed E-state index contributed by atoms with van der Waals surface area (Å²) < 4.78 is 1.57. The summed E-state index contributed by atoms with van der Waals surface area (Å²) in [7, 11) is 1.73. The number of hydrogen-bond donors (Lipinski definition) is 1. The van der Waals surface area contributed by atoms with Gasteiger partial charge in [-0.1, -0.05) is 24.3 Å². The number of nitrogens with zero attached hydrogens (tertiary/aromatic N) is 3. The molecule has 2 aromatic carbocycles. The third kappa shape index (κ3) is 4.53. The smallest absolute Gasteiger partial charge is 0.356 e. The van der Waals surface area contributed by atoms with Crippen molar-refractivity contribution in [3.8, 4) is 11.3 Å². The van der Waals surface area contributed by atoms with Gasteiger partial charge in [-0.15, -0.1) is 35.9 Å². The first-order valence-corrected chi connectivity index (χ1v) is 8.53. The Kier molecular flexibility index (Phi) is 7.21. The van der Waals surface area contributed by atoms with Crippen molar-refractivity contribution < 1.29 is 30.0 Å². The van der Waals surface area contributed by atoms with E-state index in [0.29, 0.717) is 0 Å². The number of fused-ring (bicyclic) bond motifs is 1. The van der Waals surface area contributed by atoms with Gasteiger partial charge in [0.05, 0.1) is 0 Å². The number of hydrogen-bond acceptors (Lipinski definition) is 3. The van der Waals surface area contributed by atoms with Crippen LogP contribution in [0.15, 0.2) is 60.8 Å². The second kappa shape index (κ2) is 9.40. The minimum Gasteiger partial charge on any atom is -0.476 e. The van der Waals surface area contributed by atoms with E-state index in [4.69, 9.17) is 5.11 Å². The van der Waals surface area contributed by atoms with E-state index in [1.54, 1.807) is 18.7 Å². The molecular formula is C22H20IrN3O2-. The van der Waals surface area contributed by atoms with Crippen LogP contribution in [0.1, 0.15) is 21.7 Å². The van der Waals surface area contributed by atoms with Crippen LogP contribution < -0.4 is 0 Å². The van der Waals surface area contributed by atoms with Crippen molar-refractivity contribution in [1.29, 1.82) is 0 Å². The molecule has 1 radical (unpaired) electrons. The van der Waals surface area contributed by atoms with Crippen molar-refractivity contribution in [1.82, 2.24) is 14.8 Å². The molecule has 0 aliphatic rings. The normalized spacial score (nSPS) is 9.96. The first-order chi connectivity index (χ1) is 13.0. The molecule has 4 rings (SSSR count). The van der Waals surface area contributed by atoms with Crippen LogP contribution in [0.25, 0.3) is 22.0 Å². The molecule has 5 nitrogen and oxygen atoms in total. The van der Waals surface area contributed by atoms with E-state index in [9.17, 15) is 4.79 Å². The number of carboxylic acid groups (broad SMARTS) is 1. The van der Waals surface area contributed by atoms with Crippen molar-refractivity contribution in [2.45, 2.75) is 13.8 Å². The fraction of sp³-hybridized carbons (Fsp3) is 0.136. The monoisotopic (exact) mass is 551 g/mol. The van der Waals surface area contributed by atoms with Gasteiger partial charge in [0.2, 0.25) is 0 Å². The summed E-state index contributed by atoms with van der Waals surface area (Å²) in [6.45, 7) is 3.60. The molecule has 0 unspecified atom stereocenters. The number of aryl methyl sites for hydroxylation is 1. The zero-order valence-corrected chi connectivity index (χ0v) is 18.2. The summed E-state index contributed by atoms with van der Waals surface area (Å²) >= 11 is 0. The molecule has 0 atom stereocenters. The number of benzene rings is 2. The average molecular weight is 551 g/mol. The first-order valence-electron chi connectivity index (χ1n) is 8.53. The van der Waals surface area contributed by atoms with E-state index < -0.39 is 5.97 Å². The van der Waals surface area contributed by atoms with Crippen LogP contribution >= 0.6 is 0 Å². The van der Waals surface area contributed by atoms with E-state index >= 15 is 0 Å². The molecule has 2 aromatic heterocycles. The molecular weight excluding hydrogens is 530 g/mol. The Morgan fingerprint density at radius 1 is 1.07 bits per heavy atom. The summed E-state index contributed by atoms with van der Waals surface area (Å²) in [5.74, 6) is -0.966. The van der Waals surface area contributed by atoms with E-state index in [1.165, 1.54) is 10.8 Å². The van der Waals surface area contributed by atoms with E-state index in [2.05, 4.69) is 28.3 Å². The molecule has 1 N–H and O–H groups in total. The topological polar surface area (TPSA) is 68.0 Å². The summed E-state index contributed by atoms with van der Waals surface area (Å²) in [6, 6.07) is 21.4. The predicted octanol–water partition coefficient (Wildman–Crippen LogP) is 4.43. The number of rotatable bonds is 2. The minimum atomic E-state index is -0.966. The van der Waals surface area contributed by atoms with E-state index in [-0.39, 0.29) is 25.8 Å². The van der Waals surface area contributed by atoms with Gasteiger partial charge in [0.25, 0.3) is 0 Å². The second-order valence-corrected chi connectivity index (χ2v) is 6.14. The molecule has 0 saturated heterocycles. The fourth-order valence-corrected chi connectivity index (χ4v) is 2.79. The van der Waals surface area contributed by atoms with Crippen LogP contribution in [-0.4, -0.2) is 25.8 Å². The third-order valence-electron chi connectivity index (χ3n) is 4.47. The molecule has 28 heavy (non-hydrogen) atoms. The Morgan fingerprint density at radius 3 is 2.36 bits per heavy atom. The molecule has 0 aliphatic carbocycles. The van der Waals surface area contributed by atoms with Gasteiger partial charge < -0.3 is 10.1 Å². The standard InChI is InChI=1S/C15H10N.C7H10N2O2.Ir/c1-2-7-13(8-3-1)15-14-9-5-4-6-12(14)10-11-16-15;1-4-5(2)9(3)8-6(4)7(10)11;/h1-7,9-11H;1-3H3,(H,10,11);/q-1;;. The maximum Gasteiger partial charge on any atom is 0.356 e. The molecule has 0 aliphatic heterocycles. The number of pyridine rings is 1. The molecule has 0 saturated carbocycles. The molecule has 0 spiro atoms. The van der Waals surface area contributed by atoms with Crippen LogP contribution in [-0.2, 0) is 27.2 Å². The summed E-state index contributed by atoms with van der Waals surface area (Å²) in [5, 5.41) is 14.8. The fourth-order valence-electron chi connectivity index (χ4n) is 2.79. The summed E-state index contributed by atoms with van der Waals surface area (Å²) in [4.78, 5) is 15.0. The van der Waals surface area contributed by atoms with Crippen molar-refractivity contribution in [2.24, 2.45) is 7.05 Å². The van der Waals surface area contributed by atoms with Crippen LogP contribution in [0.5, 0.6) is 0 Å². The molecule has 4 aromatic rings. The van der Waals surface area contributed by atoms with Gasteiger partial charge >= 0.3 is 5.97 Å². The van der Waals surface area contributed by atoms with E-state index in [1.807, 2.05) is 55.6 Å². The zero-order chi connectivity index (χ0) is 19.4. The first kappa shape index (κ1) is 21.5. The van der Waals surface area contributed by atoms with Gasteiger partial charge in [-0.25, -0.2) is 4.79 Å². The zero-order valence-electron chi connectivity index (χ0n) is 15.8.